The van der Waals surface area contributed by atoms with Crippen molar-refractivity contribution in [1.29, 1.82) is 0 Å². The maximum absolute atomic E-state index is 12.8. The molecule has 1 N–H and O–H groups in total. The number of nitrogens with zero attached hydrogens (tertiary/aromatic N) is 7. The highest BCUT2D eigenvalue weighted by Crippen LogP contribution is 2.20. The molecule has 3 heterocycles. The number of hydrogen-bond acceptors (Lipinski definition) is 7. The minimum Gasteiger partial charge on any atom is -0.494 e. The predicted octanol–water partition coefficient (Wildman–Crippen LogP) is 6.33. The van der Waals surface area contributed by atoms with Crippen LogP contribution in [-0.2, 0) is 34.0 Å². The molecule has 0 fully saturated rings. The number of amidine groups is 1. The molecule has 0 spiro atoms. The molecule has 4 rings (SSSR count). The number of aliphatic imine (C=N–C) groups is 1. The zero-order valence-electron chi connectivity index (χ0n) is 30.3. The summed E-state index contributed by atoms with van der Waals surface area (Å²) in [5, 5.41) is 1.81. The van der Waals surface area contributed by atoms with Crippen molar-refractivity contribution in [3.8, 4) is 5.75 Å². The first-order valence-corrected chi connectivity index (χ1v) is 17.7. The van der Waals surface area contributed by atoms with Crippen LogP contribution in [0.1, 0.15) is 84.6 Å². The Kier molecular flexibility index (Phi) is 14.2. The zero-order valence-corrected chi connectivity index (χ0v) is 30.3. The van der Waals surface area contributed by atoms with E-state index in [1.54, 1.807) is 16.4 Å². The third-order valence-corrected chi connectivity index (χ3v) is 8.04. The monoisotopic (exact) mass is 730 g/mol. The summed E-state index contributed by atoms with van der Waals surface area (Å²) in [6.45, 7) is 10.4. The van der Waals surface area contributed by atoms with E-state index in [1.807, 2.05) is 66.6 Å². The van der Waals surface area contributed by atoms with Gasteiger partial charge in [0.2, 0.25) is 17.5 Å². The molecule has 1 aliphatic rings. The number of aromatic nitrogens is 4. The zero-order chi connectivity index (χ0) is 37.7. The van der Waals surface area contributed by atoms with Crippen LogP contribution in [0.25, 0.3) is 0 Å². The Balaban J connectivity index is 1.18. The molecular weight excluding hydrogens is 681 g/mol. The Hall–Kier alpha value is -4.89. The van der Waals surface area contributed by atoms with Gasteiger partial charge in [0.05, 0.1) is 6.61 Å². The highest BCUT2D eigenvalue weighted by molar-refractivity contribution is 6.06. The van der Waals surface area contributed by atoms with Crippen LogP contribution in [0.2, 0.25) is 0 Å². The van der Waals surface area contributed by atoms with E-state index in [4.69, 9.17) is 9.47 Å². The van der Waals surface area contributed by atoms with Crippen molar-refractivity contribution >= 4 is 29.7 Å². The van der Waals surface area contributed by atoms with Crippen molar-refractivity contribution in [2.24, 2.45) is 9.98 Å². The molecule has 13 nitrogen and oxygen atoms in total. The Morgan fingerprint density at radius 2 is 1.48 bits per heavy atom. The number of ether oxygens (including phenoxy) is 2. The van der Waals surface area contributed by atoms with Crippen LogP contribution in [-0.4, -0.2) is 78.8 Å². The highest BCUT2D eigenvalue weighted by atomic mass is 19.4. The lowest BCUT2D eigenvalue weighted by Gasteiger charge is -2.30. The molecule has 0 saturated carbocycles. The van der Waals surface area contributed by atoms with Crippen LogP contribution in [0.4, 0.5) is 23.9 Å². The number of rotatable bonds is 16. The number of nitrogens with one attached hydrogen (secondary N) is 1. The van der Waals surface area contributed by atoms with Gasteiger partial charge in [-0.05, 0) is 70.7 Å². The first-order valence-electron chi connectivity index (χ1n) is 17.7. The normalized spacial score (nSPS) is 13.9. The standard InChI is InChI=1S/C36H49F3N8O5/c1-27(48)42-33-45(20-10-8-6-5-7-9-19-44-23-18-41-32(44)43-31(49)36(37,38)39)24-25-46(33)21-12-26-51-29-15-13-28(14-16-29)30-40-17-11-22-47(30)34(50)52-35(2,3)4/h13-16,18,23-25H,5-12,17,19-22,26H2,1-4H3,(H,41,43,49). The van der Waals surface area contributed by atoms with Gasteiger partial charge in [-0.15, -0.1) is 0 Å². The third kappa shape index (κ3) is 12.4. The van der Waals surface area contributed by atoms with Crippen LogP contribution in [0.3, 0.4) is 0 Å². The second-order valence-corrected chi connectivity index (χ2v) is 13.6. The summed E-state index contributed by atoms with van der Waals surface area (Å²) >= 11 is 0. The molecule has 3 aromatic rings. The van der Waals surface area contributed by atoms with Crippen LogP contribution in [0.15, 0.2) is 59.0 Å². The third-order valence-electron chi connectivity index (χ3n) is 8.04. The van der Waals surface area contributed by atoms with E-state index in [2.05, 4.69) is 15.0 Å². The quantitative estimate of drug-likeness (QED) is 0.171. The van der Waals surface area contributed by atoms with Gasteiger partial charge in [-0.25, -0.2) is 9.78 Å². The number of amides is 3. The number of benzene rings is 1. The largest absolute Gasteiger partial charge is 0.494 e. The first kappa shape index (κ1) is 39.9. The number of halogens is 3. The molecule has 1 aliphatic heterocycles. The van der Waals surface area contributed by atoms with Crippen LogP contribution in [0, 0.1) is 0 Å². The van der Waals surface area contributed by atoms with E-state index < -0.39 is 23.8 Å². The highest BCUT2D eigenvalue weighted by Gasteiger charge is 2.39. The summed E-state index contributed by atoms with van der Waals surface area (Å²) in [7, 11) is 0. The summed E-state index contributed by atoms with van der Waals surface area (Å²) in [4.78, 5) is 50.1. The molecule has 0 unspecified atom stereocenters. The number of alkyl halides is 3. The Bertz CT molecular complexity index is 1740. The molecule has 16 heteroatoms. The number of imidazole rings is 2. The predicted molar refractivity (Wildman–Crippen MR) is 189 cm³/mol. The summed E-state index contributed by atoms with van der Waals surface area (Å²) in [5.41, 5.74) is 0.804. The topological polar surface area (TPSA) is 137 Å². The van der Waals surface area contributed by atoms with Gasteiger partial charge in [0.25, 0.3) is 0 Å². The molecule has 1 aromatic carbocycles. The lowest BCUT2D eigenvalue weighted by Crippen LogP contribution is -2.44. The minimum atomic E-state index is -4.97. The fourth-order valence-electron chi connectivity index (χ4n) is 5.61. The Morgan fingerprint density at radius 3 is 2.10 bits per heavy atom. The van der Waals surface area contributed by atoms with Gasteiger partial charge >= 0.3 is 18.2 Å². The molecule has 0 aliphatic carbocycles. The van der Waals surface area contributed by atoms with Gasteiger partial charge in [-0.2, -0.15) is 18.2 Å². The molecule has 52 heavy (non-hydrogen) atoms. The first-order chi connectivity index (χ1) is 24.7. The average molecular weight is 731 g/mol. The van der Waals surface area contributed by atoms with Crippen molar-refractivity contribution < 1.29 is 37.0 Å². The van der Waals surface area contributed by atoms with E-state index in [0.717, 1.165) is 50.5 Å². The lowest BCUT2D eigenvalue weighted by atomic mass is 10.1. The van der Waals surface area contributed by atoms with Gasteiger partial charge in [0.1, 0.15) is 17.2 Å². The minimum absolute atomic E-state index is 0.114. The van der Waals surface area contributed by atoms with Crippen molar-refractivity contribution in [2.45, 2.75) is 110 Å². The lowest BCUT2D eigenvalue weighted by molar-refractivity contribution is -0.167. The van der Waals surface area contributed by atoms with Crippen molar-refractivity contribution in [2.75, 3.05) is 25.0 Å². The smallest absolute Gasteiger partial charge is 0.471 e. The number of unbranched alkanes of at least 4 members (excludes halogenated alkanes) is 5. The molecule has 284 valence electrons. The van der Waals surface area contributed by atoms with Crippen molar-refractivity contribution in [1.82, 2.24) is 23.6 Å². The second kappa shape index (κ2) is 18.6. The molecule has 0 radical (unpaired) electrons. The fourth-order valence-corrected chi connectivity index (χ4v) is 5.61. The van der Waals surface area contributed by atoms with E-state index >= 15 is 0 Å². The molecule has 3 amide bonds. The van der Waals surface area contributed by atoms with Gasteiger partial charge in [-0.3, -0.25) is 24.8 Å². The fraction of sp³-hybridized carbons (Fsp3) is 0.556. The van der Waals surface area contributed by atoms with E-state index in [9.17, 15) is 27.6 Å². The second-order valence-electron chi connectivity index (χ2n) is 13.6. The Labute approximate surface area is 301 Å². The van der Waals surface area contributed by atoms with Gasteiger partial charge in [0, 0.05) is 70.0 Å². The van der Waals surface area contributed by atoms with E-state index in [-0.39, 0.29) is 11.9 Å². The van der Waals surface area contributed by atoms with E-state index in [0.29, 0.717) is 63.0 Å². The average Bonchev–Trinajstić information content (AvgIpc) is 3.68. The molecular formula is C36H49F3N8O5. The maximum atomic E-state index is 12.8. The summed E-state index contributed by atoms with van der Waals surface area (Å²) in [6.07, 6.45) is 8.25. The SMILES string of the molecule is CC(=O)N=c1n(CCCCCCCCn2ccnc2NC(=O)C(F)(F)F)ccn1CCCOc1ccc(C2=NCCCN2C(=O)OC(C)(C)C)cc1. The van der Waals surface area contributed by atoms with Crippen LogP contribution < -0.4 is 15.7 Å². The maximum Gasteiger partial charge on any atom is 0.471 e. The number of carbonyl (C=O) groups is 3. The number of anilines is 1. The summed E-state index contributed by atoms with van der Waals surface area (Å²) in [5.74, 6) is -1.15. The summed E-state index contributed by atoms with van der Waals surface area (Å²) < 4.78 is 54.6. The van der Waals surface area contributed by atoms with Gasteiger partial charge < -0.3 is 23.2 Å². The number of carbonyl (C=O) groups excluding carboxylic acids is 3. The van der Waals surface area contributed by atoms with E-state index in [1.165, 1.54) is 17.7 Å². The Morgan fingerprint density at radius 1 is 0.865 bits per heavy atom. The van der Waals surface area contributed by atoms with Crippen LogP contribution >= 0.6 is 0 Å². The molecule has 0 bridgehead atoms. The summed E-state index contributed by atoms with van der Waals surface area (Å²) in [6, 6.07) is 7.50. The van der Waals surface area contributed by atoms with Gasteiger partial charge in [0.15, 0.2) is 0 Å². The van der Waals surface area contributed by atoms with Gasteiger partial charge in [-0.1, -0.05) is 25.7 Å². The molecule has 2 aromatic heterocycles. The number of hydrogen-bond donors (Lipinski definition) is 1. The van der Waals surface area contributed by atoms with Crippen molar-refractivity contribution in [3.63, 3.8) is 0 Å². The molecule has 0 saturated heterocycles. The van der Waals surface area contributed by atoms with Crippen molar-refractivity contribution in [3.05, 3.63) is 60.2 Å². The van der Waals surface area contributed by atoms with Crippen LogP contribution in [0.5, 0.6) is 5.75 Å². The number of aryl methyl sites for hydroxylation is 3. The molecule has 0 atom stereocenters.